The number of carbonyl (C=O) groups is 1. The van der Waals surface area contributed by atoms with Crippen molar-refractivity contribution in [2.45, 2.75) is 19.2 Å². The highest BCUT2D eigenvalue weighted by Crippen LogP contribution is 2.34. The highest BCUT2D eigenvalue weighted by molar-refractivity contribution is 5.88. The van der Waals surface area contributed by atoms with Crippen LogP contribution in [0.1, 0.15) is 33.3 Å². The van der Waals surface area contributed by atoms with Crippen LogP contribution in [0.4, 0.5) is 19.1 Å². The molecule has 0 fully saturated rings. The topological polar surface area (TPSA) is 95.3 Å². The third-order valence-corrected chi connectivity index (χ3v) is 3.29. The molecule has 0 aliphatic rings. The van der Waals surface area contributed by atoms with E-state index in [1.54, 1.807) is 0 Å². The van der Waals surface area contributed by atoms with E-state index in [0.29, 0.717) is 0 Å². The Morgan fingerprint density at radius 1 is 1.33 bits per heavy atom. The fourth-order valence-electron chi connectivity index (χ4n) is 2.11. The number of hydrogen-bond donors (Lipinski definition) is 3. The second-order valence-corrected chi connectivity index (χ2v) is 4.98. The number of rotatable bonds is 5. The molecule has 0 radical (unpaired) electrons. The van der Waals surface area contributed by atoms with Crippen molar-refractivity contribution < 1.29 is 28.2 Å². The number of aromatic carboxylic acids is 1. The summed E-state index contributed by atoms with van der Waals surface area (Å²) >= 11 is 0. The van der Waals surface area contributed by atoms with Crippen LogP contribution in [0.3, 0.4) is 0 Å². The van der Waals surface area contributed by atoms with Crippen LogP contribution in [0.15, 0.2) is 30.5 Å². The van der Waals surface area contributed by atoms with Gasteiger partial charge in [-0.25, -0.2) is 14.8 Å². The molecule has 0 aliphatic carbocycles. The first-order valence-corrected chi connectivity index (χ1v) is 6.85. The molecule has 1 heterocycles. The van der Waals surface area contributed by atoms with Crippen LogP contribution in [-0.4, -0.2) is 32.7 Å². The Bertz CT molecular complexity index is 750. The molecule has 128 valence electrons. The number of aliphatic hydroxyl groups is 1. The highest BCUT2D eigenvalue weighted by atomic mass is 19.4. The number of alkyl halides is 3. The van der Waals surface area contributed by atoms with Gasteiger partial charge in [0.2, 0.25) is 5.95 Å². The number of nitrogens with zero attached hydrogens (tertiary/aromatic N) is 2. The molecule has 0 amide bonds. The van der Waals surface area contributed by atoms with Crippen molar-refractivity contribution in [2.75, 3.05) is 11.9 Å². The zero-order valence-corrected chi connectivity index (χ0v) is 12.5. The lowest BCUT2D eigenvalue weighted by atomic mass is 10.0. The number of aliphatic hydroxyl groups excluding tert-OH is 1. The number of carboxylic acids is 1. The van der Waals surface area contributed by atoms with E-state index < -0.39 is 23.8 Å². The number of nitrogens with one attached hydrogen (secondary N) is 1. The summed E-state index contributed by atoms with van der Waals surface area (Å²) in [6.07, 6.45) is -4.93. The normalized spacial score (nSPS) is 12.7. The predicted molar refractivity (Wildman–Crippen MR) is 78.6 cm³/mol. The molecule has 9 heteroatoms. The van der Waals surface area contributed by atoms with E-state index in [-0.39, 0.29) is 29.3 Å². The average Bonchev–Trinajstić information content (AvgIpc) is 2.51. The largest absolute Gasteiger partial charge is 0.478 e. The summed E-state index contributed by atoms with van der Waals surface area (Å²) in [5.74, 6) is -1.17. The first-order chi connectivity index (χ1) is 11.2. The Morgan fingerprint density at radius 2 is 2.00 bits per heavy atom. The van der Waals surface area contributed by atoms with Crippen molar-refractivity contribution >= 4 is 11.9 Å². The van der Waals surface area contributed by atoms with Crippen LogP contribution in [0.2, 0.25) is 0 Å². The van der Waals surface area contributed by atoms with Crippen molar-refractivity contribution in [1.82, 2.24) is 9.97 Å². The molecule has 6 nitrogen and oxygen atoms in total. The van der Waals surface area contributed by atoms with Gasteiger partial charge in [0.1, 0.15) is 0 Å². The lowest BCUT2D eigenvalue weighted by Crippen LogP contribution is -2.19. The van der Waals surface area contributed by atoms with Crippen LogP contribution < -0.4 is 5.32 Å². The lowest BCUT2D eigenvalue weighted by molar-refractivity contribution is -0.139. The third kappa shape index (κ3) is 3.99. The van der Waals surface area contributed by atoms with Gasteiger partial charge in [0.25, 0.3) is 0 Å². The minimum Gasteiger partial charge on any atom is -0.478 e. The Morgan fingerprint density at radius 3 is 2.58 bits per heavy atom. The van der Waals surface area contributed by atoms with E-state index in [1.165, 1.54) is 25.1 Å². The maximum atomic E-state index is 12.9. The summed E-state index contributed by atoms with van der Waals surface area (Å²) in [7, 11) is 0. The quantitative estimate of drug-likeness (QED) is 0.774. The first kappa shape index (κ1) is 17.7. The Kier molecular flexibility index (Phi) is 5.03. The van der Waals surface area contributed by atoms with Crippen LogP contribution in [-0.2, 0) is 6.18 Å². The molecule has 2 aromatic rings. The first-order valence-electron chi connectivity index (χ1n) is 6.85. The second-order valence-electron chi connectivity index (χ2n) is 4.98. The summed E-state index contributed by atoms with van der Waals surface area (Å²) in [6, 6.07) is 4.72. The van der Waals surface area contributed by atoms with E-state index in [0.717, 1.165) is 12.3 Å². The molecule has 3 N–H and O–H groups in total. The van der Waals surface area contributed by atoms with Gasteiger partial charge in [0, 0.05) is 12.7 Å². The molecule has 24 heavy (non-hydrogen) atoms. The van der Waals surface area contributed by atoms with Gasteiger partial charge in [-0.3, -0.25) is 0 Å². The number of aryl methyl sites for hydroxylation is 1. The van der Waals surface area contributed by atoms with Crippen LogP contribution >= 0.6 is 0 Å². The zero-order valence-electron chi connectivity index (χ0n) is 12.5. The van der Waals surface area contributed by atoms with Gasteiger partial charge >= 0.3 is 12.1 Å². The summed E-state index contributed by atoms with van der Waals surface area (Å²) in [6.45, 7) is 1.20. The lowest BCUT2D eigenvalue weighted by Gasteiger charge is -2.18. The second kappa shape index (κ2) is 6.83. The average molecular weight is 341 g/mol. The maximum absolute atomic E-state index is 12.9. The summed E-state index contributed by atoms with van der Waals surface area (Å²) in [5, 5.41) is 21.5. The van der Waals surface area contributed by atoms with Gasteiger partial charge < -0.3 is 15.5 Å². The number of benzene rings is 1. The molecule has 0 aliphatic heterocycles. The zero-order chi connectivity index (χ0) is 17.9. The Labute approximate surface area is 135 Å². The minimum atomic E-state index is -4.58. The molecule has 0 spiro atoms. The molecule has 1 aromatic heterocycles. The maximum Gasteiger partial charge on any atom is 0.416 e. The third-order valence-electron chi connectivity index (χ3n) is 3.29. The van der Waals surface area contributed by atoms with Crippen molar-refractivity contribution in [3.05, 3.63) is 52.8 Å². The highest BCUT2D eigenvalue weighted by Gasteiger charge is 2.34. The van der Waals surface area contributed by atoms with Gasteiger partial charge in [-0.2, -0.15) is 13.2 Å². The molecule has 0 saturated carbocycles. The Hall–Kier alpha value is -2.68. The predicted octanol–water partition coefficient (Wildman–Crippen LogP) is 2.65. The summed E-state index contributed by atoms with van der Waals surface area (Å²) < 4.78 is 38.8. The monoisotopic (exact) mass is 341 g/mol. The van der Waals surface area contributed by atoms with Gasteiger partial charge in [-0.1, -0.05) is 18.2 Å². The Balaban J connectivity index is 2.13. The minimum absolute atomic E-state index is 0.0149. The molecular weight excluding hydrogens is 327 g/mol. The number of hydrogen-bond acceptors (Lipinski definition) is 5. The van der Waals surface area contributed by atoms with E-state index in [9.17, 15) is 23.1 Å². The molecule has 2 rings (SSSR count). The van der Waals surface area contributed by atoms with Gasteiger partial charge in [-0.05, 0) is 18.6 Å². The smallest absolute Gasteiger partial charge is 0.416 e. The van der Waals surface area contributed by atoms with E-state index >= 15 is 0 Å². The molecule has 1 aromatic carbocycles. The van der Waals surface area contributed by atoms with Gasteiger partial charge in [0.05, 0.1) is 22.9 Å². The summed E-state index contributed by atoms with van der Waals surface area (Å²) in [4.78, 5) is 18.5. The van der Waals surface area contributed by atoms with Crippen LogP contribution in [0, 0.1) is 6.92 Å². The SMILES string of the molecule is Cc1nc(NCC(O)c2ccccc2C(F)(F)F)ncc1C(=O)O. The van der Waals surface area contributed by atoms with Crippen LogP contribution in [0.25, 0.3) is 0 Å². The van der Waals surface area contributed by atoms with Crippen molar-refractivity contribution in [2.24, 2.45) is 0 Å². The molecular formula is C15H14F3N3O3. The number of carboxylic acid groups (broad SMARTS) is 1. The fraction of sp³-hybridized carbons (Fsp3) is 0.267. The number of anilines is 1. The van der Waals surface area contributed by atoms with Gasteiger partial charge in [0.15, 0.2) is 0 Å². The van der Waals surface area contributed by atoms with Crippen LogP contribution in [0.5, 0.6) is 0 Å². The standard InChI is InChI=1S/C15H14F3N3O3/c1-8-10(13(23)24)6-19-14(21-8)20-7-12(22)9-4-2-3-5-11(9)15(16,17)18/h2-6,12,22H,7H2,1H3,(H,23,24)(H,19,20,21). The fourth-order valence-corrected chi connectivity index (χ4v) is 2.11. The van der Waals surface area contributed by atoms with E-state index in [2.05, 4.69) is 15.3 Å². The molecule has 0 bridgehead atoms. The molecule has 0 saturated heterocycles. The van der Waals surface area contributed by atoms with Crippen molar-refractivity contribution in [3.8, 4) is 0 Å². The van der Waals surface area contributed by atoms with E-state index in [1.807, 2.05) is 0 Å². The molecule has 1 unspecified atom stereocenters. The van der Waals surface area contributed by atoms with Crippen molar-refractivity contribution in [3.63, 3.8) is 0 Å². The van der Waals surface area contributed by atoms with Crippen molar-refractivity contribution in [1.29, 1.82) is 0 Å². The number of halogens is 3. The number of aromatic nitrogens is 2. The molecule has 1 atom stereocenters. The summed E-state index contributed by atoms with van der Waals surface area (Å²) in [5.41, 5.74) is -1.07. The van der Waals surface area contributed by atoms with E-state index in [4.69, 9.17) is 5.11 Å². The van der Waals surface area contributed by atoms with Gasteiger partial charge in [-0.15, -0.1) is 0 Å².